The smallest absolute Gasteiger partial charge is 0.248 e. The first kappa shape index (κ1) is 16.5. The van der Waals surface area contributed by atoms with Crippen molar-refractivity contribution in [1.29, 1.82) is 0 Å². The zero-order valence-corrected chi connectivity index (χ0v) is 14.5. The van der Waals surface area contributed by atoms with Gasteiger partial charge in [-0.2, -0.15) is 0 Å². The van der Waals surface area contributed by atoms with Gasteiger partial charge in [0.2, 0.25) is 5.91 Å². The lowest BCUT2D eigenvalue weighted by atomic mass is 10.1. The molecule has 1 heterocycles. The van der Waals surface area contributed by atoms with Crippen molar-refractivity contribution in [3.63, 3.8) is 0 Å². The Morgan fingerprint density at radius 3 is 2.46 bits per heavy atom. The zero-order chi connectivity index (χ0) is 16.9. The molecule has 2 aromatic rings. The maximum Gasteiger partial charge on any atom is 0.248 e. The fourth-order valence-corrected chi connectivity index (χ4v) is 2.92. The minimum atomic E-state index is -0.178. The summed E-state index contributed by atoms with van der Waals surface area (Å²) in [6, 6.07) is 11.7. The largest absolute Gasteiger partial charge is 0.486 e. The van der Waals surface area contributed by atoms with Crippen molar-refractivity contribution >= 4 is 29.4 Å². The lowest BCUT2D eigenvalue weighted by Crippen LogP contribution is -2.16. The molecule has 1 aliphatic rings. The quantitative estimate of drug-likeness (QED) is 0.671. The van der Waals surface area contributed by atoms with Gasteiger partial charge in [-0.05, 0) is 30.9 Å². The van der Waals surface area contributed by atoms with E-state index in [1.54, 1.807) is 17.8 Å². The summed E-state index contributed by atoms with van der Waals surface area (Å²) in [6.07, 6.45) is 5.29. The van der Waals surface area contributed by atoms with Gasteiger partial charge >= 0.3 is 0 Å². The summed E-state index contributed by atoms with van der Waals surface area (Å²) in [7, 11) is 0. The molecule has 0 bridgehead atoms. The summed E-state index contributed by atoms with van der Waals surface area (Å²) in [5.41, 5.74) is 2.91. The van der Waals surface area contributed by atoms with E-state index in [2.05, 4.69) is 5.32 Å². The first-order valence-electron chi connectivity index (χ1n) is 7.69. The molecule has 0 saturated heterocycles. The molecular weight excluding hydrogens is 322 g/mol. The van der Waals surface area contributed by atoms with Gasteiger partial charge in [-0.25, -0.2) is 0 Å². The van der Waals surface area contributed by atoms with Crippen LogP contribution in [0.25, 0.3) is 6.08 Å². The molecular formula is C19H19NO3S. The second kappa shape index (κ2) is 7.45. The van der Waals surface area contributed by atoms with E-state index >= 15 is 0 Å². The molecule has 0 unspecified atom stereocenters. The number of carbonyl (C=O) groups excluding carboxylic acids is 1. The number of aryl methyl sites for hydroxylation is 1. The van der Waals surface area contributed by atoms with Crippen LogP contribution in [0.5, 0.6) is 11.5 Å². The predicted octanol–water partition coefficient (Wildman–Crippen LogP) is 4.14. The van der Waals surface area contributed by atoms with Crippen LogP contribution < -0.4 is 14.8 Å². The van der Waals surface area contributed by atoms with Crippen molar-refractivity contribution in [2.45, 2.75) is 11.8 Å². The molecule has 0 fully saturated rings. The highest BCUT2D eigenvalue weighted by molar-refractivity contribution is 7.98. The fourth-order valence-electron chi connectivity index (χ4n) is 2.36. The van der Waals surface area contributed by atoms with E-state index in [0.29, 0.717) is 19.0 Å². The highest BCUT2D eigenvalue weighted by atomic mass is 32.2. The normalized spacial score (nSPS) is 13.1. The summed E-state index contributed by atoms with van der Waals surface area (Å²) < 4.78 is 11.2. The third kappa shape index (κ3) is 3.92. The second-order valence-corrected chi connectivity index (χ2v) is 6.28. The van der Waals surface area contributed by atoms with E-state index in [0.717, 1.165) is 21.9 Å². The summed E-state index contributed by atoms with van der Waals surface area (Å²) in [5.74, 6) is 1.21. The minimum absolute atomic E-state index is 0.178. The van der Waals surface area contributed by atoms with E-state index < -0.39 is 0 Å². The number of nitrogens with one attached hydrogen (secondary N) is 1. The van der Waals surface area contributed by atoms with Gasteiger partial charge in [-0.1, -0.05) is 29.8 Å². The number of anilines is 1. The van der Waals surface area contributed by atoms with Crippen LogP contribution >= 0.6 is 11.8 Å². The molecule has 1 amide bonds. The third-order valence-corrected chi connectivity index (χ3v) is 4.40. The lowest BCUT2D eigenvalue weighted by molar-refractivity contribution is -0.111. The molecule has 24 heavy (non-hydrogen) atoms. The molecule has 1 aliphatic heterocycles. The van der Waals surface area contributed by atoms with E-state index in [1.165, 1.54) is 11.6 Å². The van der Waals surface area contributed by atoms with E-state index in [1.807, 2.05) is 49.6 Å². The van der Waals surface area contributed by atoms with Gasteiger partial charge < -0.3 is 14.8 Å². The SMILES string of the molecule is CSc1cc2c(cc1NC(=O)/C=C/c1ccc(C)cc1)OCCO2. The van der Waals surface area contributed by atoms with Crippen LogP contribution in [0.1, 0.15) is 11.1 Å². The number of thioether (sulfide) groups is 1. The van der Waals surface area contributed by atoms with Crippen molar-refractivity contribution < 1.29 is 14.3 Å². The van der Waals surface area contributed by atoms with Crippen LogP contribution in [0.3, 0.4) is 0 Å². The lowest BCUT2D eigenvalue weighted by Gasteiger charge is -2.20. The average Bonchev–Trinajstić information content (AvgIpc) is 2.60. The number of fused-ring (bicyclic) bond motifs is 1. The second-order valence-electron chi connectivity index (χ2n) is 5.43. The Labute approximate surface area is 145 Å². The van der Waals surface area contributed by atoms with Crippen LogP contribution in [-0.4, -0.2) is 25.4 Å². The van der Waals surface area contributed by atoms with Crippen molar-refractivity contribution in [2.75, 3.05) is 24.8 Å². The molecule has 124 valence electrons. The summed E-state index contributed by atoms with van der Waals surface area (Å²) in [4.78, 5) is 13.2. The van der Waals surface area contributed by atoms with Crippen LogP contribution in [0, 0.1) is 6.92 Å². The molecule has 0 saturated carbocycles. The number of benzene rings is 2. The molecule has 4 nitrogen and oxygen atoms in total. The summed E-state index contributed by atoms with van der Waals surface area (Å²) in [5, 5.41) is 2.91. The van der Waals surface area contributed by atoms with Crippen LogP contribution in [0.4, 0.5) is 5.69 Å². The number of hydrogen-bond donors (Lipinski definition) is 1. The van der Waals surface area contributed by atoms with Crippen LogP contribution in [0.15, 0.2) is 47.4 Å². The fraction of sp³-hybridized carbons (Fsp3) is 0.211. The predicted molar refractivity (Wildman–Crippen MR) is 98.1 cm³/mol. The Morgan fingerprint density at radius 2 is 1.79 bits per heavy atom. The maximum atomic E-state index is 12.2. The number of rotatable bonds is 4. The third-order valence-electron chi connectivity index (χ3n) is 3.63. The minimum Gasteiger partial charge on any atom is -0.486 e. The van der Waals surface area contributed by atoms with Gasteiger partial charge in [0.1, 0.15) is 13.2 Å². The number of carbonyl (C=O) groups is 1. The summed E-state index contributed by atoms with van der Waals surface area (Å²) in [6.45, 7) is 3.10. The van der Waals surface area contributed by atoms with Gasteiger partial charge in [0, 0.05) is 17.0 Å². The number of amides is 1. The Kier molecular flexibility index (Phi) is 5.11. The molecule has 0 spiro atoms. The van der Waals surface area contributed by atoms with Crippen molar-refractivity contribution in [3.05, 3.63) is 53.6 Å². The molecule has 5 heteroatoms. The van der Waals surface area contributed by atoms with Crippen LogP contribution in [-0.2, 0) is 4.79 Å². The molecule has 2 aromatic carbocycles. The topological polar surface area (TPSA) is 47.6 Å². The van der Waals surface area contributed by atoms with Gasteiger partial charge in [0.25, 0.3) is 0 Å². The van der Waals surface area contributed by atoms with Crippen molar-refractivity contribution in [1.82, 2.24) is 0 Å². The van der Waals surface area contributed by atoms with Gasteiger partial charge in [-0.15, -0.1) is 11.8 Å². The van der Waals surface area contributed by atoms with Crippen molar-refractivity contribution in [3.8, 4) is 11.5 Å². The molecule has 3 rings (SSSR count). The first-order chi connectivity index (χ1) is 11.7. The number of hydrogen-bond acceptors (Lipinski definition) is 4. The Morgan fingerprint density at radius 1 is 1.12 bits per heavy atom. The van der Waals surface area contributed by atoms with Crippen molar-refractivity contribution in [2.24, 2.45) is 0 Å². The summed E-state index contributed by atoms with van der Waals surface area (Å²) >= 11 is 1.55. The van der Waals surface area contributed by atoms with Gasteiger partial charge in [0.15, 0.2) is 11.5 Å². The zero-order valence-electron chi connectivity index (χ0n) is 13.7. The highest BCUT2D eigenvalue weighted by Crippen LogP contribution is 2.39. The molecule has 0 aliphatic carbocycles. The maximum absolute atomic E-state index is 12.2. The Balaban J connectivity index is 1.74. The van der Waals surface area contributed by atoms with E-state index in [4.69, 9.17) is 9.47 Å². The molecule has 0 radical (unpaired) electrons. The highest BCUT2D eigenvalue weighted by Gasteiger charge is 2.16. The Bertz CT molecular complexity index is 769. The monoisotopic (exact) mass is 341 g/mol. The van der Waals surface area contributed by atoms with Gasteiger partial charge in [0.05, 0.1) is 5.69 Å². The molecule has 1 N–H and O–H groups in total. The average molecular weight is 341 g/mol. The molecule has 0 aromatic heterocycles. The van der Waals surface area contributed by atoms with E-state index in [9.17, 15) is 4.79 Å². The molecule has 0 atom stereocenters. The Hall–Kier alpha value is -2.40. The number of ether oxygens (including phenoxy) is 2. The first-order valence-corrected chi connectivity index (χ1v) is 8.91. The standard InChI is InChI=1S/C19H19NO3S/c1-13-3-5-14(6-4-13)7-8-19(21)20-15-11-16-17(12-18(15)24-2)23-10-9-22-16/h3-8,11-12H,9-10H2,1-2H3,(H,20,21)/b8-7+. The van der Waals surface area contributed by atoms with Crippen LogP contribution in [0.2, 0.25) is 0 Å². The van der Waals surface area contributed by atoms with E-state index in [-0.39, 0.29) is 5.91 Å². The van der Waals surface area contributed by atoms with Gasteiger partial charge in [-0.3, -0.25) is 4.79 Å².